The van der Waals surface area contributed by atoms with E-state index in [0.717, 1.165) is 19.3 Å². The maximum absolute atomic E-state index is 15.2. The summed E-state index contributed by atoms with van der Waals surface area (Å²) in [6, 6.07) is 1.15. The molecule has 0 amide bonds. The van der Waals surface area contributed by atoms with Crippen molar-refractivity contribution in [1.29, 1.82) is 0 Å². The number of rotatable bonds is 2. The second-order valence-corrected chi connectivity index (χ2v) is 7.54. The lowest BCUT2D eigenvalue weighted by atomic mass is 10.0. The van der Waals surface area contributed by atoms with Crippen LogP contribution in [-0.2, 0) is 0 Å². The van der Waals surface area contributed by atoms with Gasteiger partial charge in [-0.2, -0.15) is 0 Å². The molecule has 1 aliphatic carbocycles. The van der Waals surface area contributed by atoms with Gasteiger partial charge in [0.15, 0.2) is 0 Å². The van der Waals surface area contributed by atoms with Crippen molar-refractivity contribution >= 4 is 28.8 Å². The zero-order valence-corrected chi connectivity index (χ0v) is 14.6. The smallest absolute Gasteiger partial charge is 0.341 e. The number of aromatic carboxylic acids is 1. The van der Waals surface area contributed by atoms with Gasteiger partial charge in [-0.25, -0.2) is 9.18 Å². The summed E-state index contributed by atoms with van der Waals surface area (Å²) in [5.74, 6) is -1.84. The molecule has 2 fully saturated rings. The highest BCUT2D eigenvalue weighted by atomic mass is 19.1. The van der Waals surface area contributed by atoms with Crippen molar-refractivity contribution in [2.45, 2.75) is 37.4 Å². The van der Waals surface area contributed by atoms with Crippen LogP contribution in [0.3, 0.4) is 0 Å². The molecule has 1 saturated heterocycles. The van der Waals surface area contributed by atoms with Gasteiger partial charge in [-0.3, -0.25) is 9.79 Å². The van der Waals surface area contributed by atoms with Crippen LogP contribution in [0.15, 0.2) is 22.1 Å². The summed E-state index contributed by atoms with van der Waals surface area (Å²) >= 11 is 0. The molecule has 2 atom stereocenters. The van der Waals surface area contributed by atoms with Gasteiger partial charge >= 0.3 is 5.97 Å². The molecule has 5 rings (SSSR count). The predicted molar refractivity (Wildman–Crippen MR) is 99.6 cm³/mol. The molecular formula is C19H19FN4O3. The van der Waals surface area contributed by atoms with E-state index in [9.17, 15) is 14.7 Å². The lowest BCUT2D eigenvalue weighted by molar-refractivity contribution is 0.0695. The number of fused-ring (bicyclic) bond motifs is 5. The van der Waals surface area contributed by atoms with Crippen LogP contribution in [0, 0.1) is 5.82 Å². The zero-order valence-electron chi connectivity index (χ0n) is 14.6. The summed E-state index contributed by atoms with van der Waals surface area (Å²) in [5, 5.41) is 9.49. The minimum absolute atomic E-state index is 0.0751. The van der Waals surface area contributed by atoms with Crippen LogP contribution in [0.2, 0.25) is 0 Å². The van der Waals surface area contributed by atoms with Crippen molar-refractivity contribution in [3.05, 3.63) is 39.4 Å². The average molecular weight is 370 g/mol. The van der Waals surface area contributed by atoms with E-state index in [-0.39, 0.29) is 29.1 Å². The highest BCUT2D eigenvalue weighted by molar-refractivity contribution is 6.06. The maximum Gasteiger partial charge on any atom is 0.341 e. The lowest BCUT2D eigenvalue weighted by Crippen LogP contribution is -2.41. The predicted octanol–water partition coefficient (Wildman–Crippen LogP) is 1.51. The van der Waals surface area contributed by atoms with E-state index in [1.165, 1.54) is 12.3 Å². The Balaban J connectivity index is 1.88. The van der Waals surface area contributed by atoms with E-state index < -0.39 is 17.2 Å². The first-order chi connectivity index (χ1) is 13.0. The average Bonchev–Trinajstić information content (AvgIpc) is 3.42. The first-order valence-electron chi connectivity index (χ1n) is 9.14. The molecule has 1 aromatic carbocycles. The third-order valence-electron chi connectivity index (χ3n) is 5.85. The van der Waals surface area contributed by atoms with Crippen LogP contribution in [-0.4, -0.2) is 47.0 Å². The van der Waals surface area contributed by atoms with Crippen molar-refractivity contribution in [3.8, 4) is 0 Å². The number of carbonyl (C=O) groups is 1. The number of nitrogens with zero attached hydrogens (tertiary/aromatic N) is 3. The molecular weight excluding hydrogens is 351 g/mol. The maximum atomic E-state index is 15.2. The molecule has 27 heavy (non-hydrogen) atoms. The van der Waals surface area contributed by atoms with E-state index in [2.05, 4.69) is 4.99 Å². The Morgan fingerprint density at radius 3 is 2.81 bits per heavy atom. The Morgan fingerprint density at radius 1 is 1.33 bits per heavy atom. The Bertz CT molecular complexity index is 1070. The second kappa shape index (κ2) is 5.63. The molecule has 1 aromatic heterocycles. The van der Waals surface area contributed by atoms with E-state index in [0.29, 0.717) is 29.9 Å². The summed E-state index contributed by atoms with van der Waals surface area (Å²) in [6.07, 6.45) is 5.57. The summed E-state index contributed by atoms with van der Waals surface area (Å²) in [4.78, 5) is 30.7. The van der Waals surface area contributed by atoms with Crippen LogP contribution in [0.25, 0.3) is 10.9 Å². The number of anilines is 1. The van der Waals surface area contributed by atoms with Crippen molar-refractivity contribution < 1.29 is 14.3 Å². The van der Waals surface area contributed by atoms with Crippen molar-refractivity contribution in [2.24, 2.45) is 10.7 Å². The second-order valence-electron chi connectivity index (χ2n) is 7.54. The Hall–Kier alpha value is -2.74. The number of hydrogen-bond acceptors (Lipinski definition) is 5. The van der Waals surface area contributed by atoms with Gasteiger partial charge in [0.25, 0.3) is 0 Å². The van der Waals surface area contributed by atoms with Gasteiger partial charge in [0.05, 0.1) is 29.2 Å². The number of carboxylic acid groups (broad SMARTS) is 1. The van der Waals surface area contributed by atoms with Crippen LogP contribution >= 0.6 is 0 Å². The van der Waals surface area contributed by atoms with E-state index >= 15 is 4.39 Å². The van der Waals surface area contributed by atoms with Crippen molar-refractivity contribution in [1.82, 2.24) is 4.57 Å². The SMILES string of the molecule is N[C@H]1CCN2c3c(F)cc4c(=O)c(C(=O)O)cn(C5CC5)c4c3C=NC[C@H]12. The number of aromatic nitrogens is 1. The molecule has 0 radical (unpaired) electrons. The van der Waals surface area contributed by atoms with Gasteiger partial charge in [-0.05, 0) is 25.3 Å². The Kier molecular flexibility index (Phi) is 3.42. The van der Waals surface area contributed by atoms with Crippen LogP contribution < -0.4 is 16.1 Å². The summed E-state index contributed by atoms with van der Waals surface area (Å²) in [6.45, 7) is 1.10. The fourth-order valence-corrected chi connectivity index (χ4v) is 4.36. The number of halogens is 1. The summed E-state index contributed by atoms with van der Waals surface area (Å²) in [5.41, 5.74) is 6.71. The molecule has 8 heteroatoms. The number of carboxylic acids is 1. The van der Waals surface area contributed by atoms with Crippen molar-refractivity contribution in [3.63, 3.8) is 0 Å². The van der Waals surface area contributed by atoms with Crippen LogP contribution in [0.4, 0.5) is 10.1 Å². The zero-order chi connectivity index (χ0) is 18.9. The molecule has 140 valence electrons. The normalized spacial score (nSPS) is 24.0. The van der Waals surface area contributed by atoms with Gasteiger partial charge in [0.1, 0.15) is 11.4 Å². The highest BCUT2D eigenvalue weighted by Gasteiger charge is 2.37. The van der Waals surface area contributed by atoms with Gasteiger partial charge in [0.2, 0.25) is 5.43 Å². The largest absolute Gasteiger partial charge is 0.477 e. The Morgan fingerprint density at radius 2 is 2.11 bits per heavy atom. The third kappa shape index (κ3) is 2.32. The minimum atomic E-state index is -1.30. The standard InChI is InChI=1S/C19H19FN4O3/c20-13-5-10-16(24(9-1-2-9)8-12(18(10)25)19(26)27)11-6-22-7-15-14(21)3-4-23(15)17(11)13/h5-6,8-9,14-15H,1-4,7,21H2,(H,26,27)/t14-,15+/m0/s1. The first-order valence-corrected chi connectivity index (χ1v) is 9.14. The summed E-state index contributed by atoms with van der Waals surface area (Å²) < 4.78 is 17.0. The fourth-order valence-electron chi connectivity index (χ4n) is 4.36. The molecule has 2 aliphatic heterocycles. The topological polar surface area (TPSA) is 101 Å². The molecule has 3 heterocycles. The molecule has 0 bridgehead atoms. The van der Waals surface area contributed by atoms with E-state index in [1.54, 1.807) is 6.21 Å². The van der Waals surface area contributed by atoms with Crippen LogP contribution in [0.5, 0.6) is 0 Å². The molecule has 0 spiro atoms. The molecule has 3 N–H and O–H groups in total. The summed E-state index contributed by atoms with van der Waals surface area (Å²) in [7, 11) is 0. The molecule has 2 aromatic rings. The van der Waals surface area contributed by atoms with Crippen molar-refractivity contribution in [2.75, 3.05) is 18.0 Å². The number of benzene rings is 1. The highest BCUT2D eigenvalue weighted by Crippen LogP contribution is 2.41. The quantitative estimate of drug-likeness (QED) is 0.835. The molecule has 1 saturated carbocycles. The number of hydrogen-bond donors (Lipinski definition) is 2. The lowest BCUT2D eigenvalue weighted by Gasteiger charge is -2.28. The van der Waals surface area contributed by atoms with E-state index in [4.69, 9.17) is 5.73 Å². The van der Waals surface area contributed by atoms with Gasteiger partial charge < -0.3 is 20.3 Å². The fraction of sp³-hybridized carbons (Fsp3) is 0.421. The molecule has 0 unspecified atom stereocenters. The minimum Gasteiger partial charge on any atom is -0.477 e. The van der Waals surface area contributed by atoms with E-state index in [1.807, 2.05) is 9.47 Å². The van der Waals surface area contributed by atoms with Gasteiger partial charge in [0, 0.05) is 36.6 Å². The number of nitrogens with two attached hydrogens (primary N) is 1. The molecule has 3 aliphatic rings. The van der Waals surface area contributed by atoms with Crippen LogP contribution in [0.1, 0.15) is 41.2 Å². The number of aliphatic imine (C=N–C) groups is 1. The Labute approximate surface area is 153 Å². The third-order valence-corrected chi connectivity index (χ3v) is 5.85. The van der Waals surface area contributed by atoms with Gasteiger partial charge in [-0.1, -0.05) is 0 Å². The first kappa shape index (κ1) is 16.4. The number of pyridine rings is 1. The molecule has 7 nitrogen and oxygen atoms in total. The monoisotopic (exact) mass is 370 g/mol. The van der Waals surface area contributed by atoms with Gasteiger partial charge in [-0.15, -0.1) is 0 Å².